The molecule has 1 aromatic carbocycles. The second kappa shape index (κ2) is 6.73. The third-order valence-corrected chi connectivity index (χ3v) is 4.64. The third-order valence-electron chi connectivity index (χ3n) is 4.64. The molecule has 1 heterocycles. The van der Waals surface area contributed by atoms with Crippen LogP contribution in [-0.4, -0.2) is 24.0 Å². The van der Waals surface area contributed by atoms with Gasteiger partial charge in [0.1, 0.15) is 11.9 Å². The molecule has 0 N–H and O–H groups in total. The second-order valence-electron chi connectivity index (χ2n) is 7.43. The zero-order chi connectivity index (χ0) is 17.2. The Kier molecular flexibility index (Phi) is 5.12. The molecule has 0 spiro atoms. The first-order chi connectivity index (χ1) is 10.7. The molecule has 1 aliphatic heterocycles. The lowest BCUT2D eigenvalue weighted by atomic mass is 9.74. The molecular weight excluding hydrogens is 290 g/mol. The van der Waals surface area contributed by atoms with Gasteiger partial charge in [0.25, 0.3) is 0 Å². The summed E-state index contributed by atoms with van der Waals surface area (Å²) in [5.41, 5.74) is 0.629. The maximum absolute atomic E-state index is 12.5. The van der Waals surface area contributed by atoms with Crippen molar-refractivity contribution in [2.75, 3.05) is 4.90 Å². The van der Waals surface area contributed by atoms with E-state index in [9.17, 15) is 9.59 Å². The summed E-state index contributed by atoms with van der Waals surface area (Å²) in [6.45, 7) is 9.99. The first-order valence-corrected chi connectivity index (χ1v) is 8.28. The highest BCUT2D eigenvalue weighted by molar-refractivity contribution is 5.91. The third kappa shape index (κ3) is 3.74. The van der Waals surface area contributed by atoms with Crippen molar-refractivity contribution in [2.24, 2.45) is 11.3 Å². The number of carbonyl (C=O) groups is 2. The molecule has 2 rings (SSSR count). The summed E-state index contributed by atoms with van der Waals surface area (Å²) in [5.74, 6) is 0.393. The van der Waals surface area contributed by atoms with Crippen LogP contribution in [0.3, 0.4) is 0 Å². The molecule has 4 nitrogen and oxygen atoms in total. The van der Waals surface area contributed by atoms with Crippen LogP contribution in [0.4, 0.5) is 10.5 Å². The van der Waals surface area contributed by atoms with Crippen LogP contribution in [0, 0.1) is 11.3 Å². The highest BCUT2D eigenvalue weighted by atomic mass is 16.6. The topological polar surface area (TPSA) is 46.6 Å². The first-order valence-electron chi connectivity index (χ1n) is 8.28. The molecule has 1 aliphatic rings. The molecule has 0 radical (unpaired) electrons. The van der Waals surface area contributed by atoms with Gasteiger partial charge in [-0.1, -0.05) is 45.9 Å². The van der Waals surface area contributed by atoms with Crippen molar-refractivity contribution in [1.82, 2.24) is 0 Å². The fourth-order valence-electron chi connectivity index (χ4n) is 3.29. The van der Waals surface area contributed by atoms with Crippen LogP contribution in [0.25, 0.3) is 0 Å². The maximum Gasteiger partial charge on any atom is 0.415 e. The van der Waals surface area contributed by atoms with Crippen molar-refractivity contribution in [3.63, 3.8) is 0 Å². The molecule has 1 amide bonds. The van der Waals surface area contributed by atoms with E-state index in [2.05, 4.69) is 27.7 Å². The molecule has 0 aromatic heterocycles. The smallest absolute Gasteiger partial charge is 0.415 e. The largest absolute Gasteiger partial charge is 0.443 e. The number of nitrogens with zero attached hydrogens (tertiary/aromatic N) is 1. The molecule has 2 atom stereocenters. The van der Waals surface area contributed by atoms with Gasteiger partial charge in [-0.3, -0.25) is 4.90 Å². The van der Waals surface area contributed by atoms with Crippen molar-refractivity contribution in [3.8, 4) is 0 Å². The minimum atomic E-state index is -0.296. The van der Waals surface area contributed by atoms with Crippen molar-refractivity contribution in [1.29, 1.82) is 0 Å². The fraction of sp³-hybridized carbons (Fsp3) is 0.579. The number of rotatable bonds is 6. The first kappa shape index (κ1) is 17.5. The number of anilines is 1. The van der Waals surface area contributed by atoms with Crippen molar-refractivity contribution >= 4 is 17.6 Å². The fourth-order valence-corrected chi connectivity index (χ4v) is 3.29. The Labute approximate surface area is 138 Å². The lowest BCUT2D eigenvalue weighted by Crippen LogP contribution is -2.49. The Morgan fingerprint density at radius 2 is 1.87 bits per heavy atom. The maximum atomic E-state index is 12.5. The minimum absolute atomic E-state index is 0.0863. The van der Waals surface area contributed by atoms with Crippen LogP contribution < -0.4 is 4.90 Å². The summed E-state index contributed by atoms with van der Waals surface area (Å²) < 4.78 is 5.70. The lowest BCUT2D eigenvalue weighted by molar-refractivity contribution is -0.117. The Morgan fingerprint density at radius 1 is 1.26 bits per heavy atom. The number of cyclic esters (lactones) is 1. The Morgan fingerprint density at radius 3 is 2.39 bits per heavy atom. The molecule has 1 fully saturated rings. The van der Waals surface area contributed by atoms with Crippen LogP contribution in [0.5, 0.6) is 0 Å². The van der Waals surface area contributed by atoms with Crippen LogP contribution in [-0.2, 0) is 9.53 Å². The van der Waals surface area contributed by atoms with E-state index >= 15 is 0 Å². The molecule has 4 heteroatoms. The summed E-state index contributed by atoms with van der Waals surface area (Å²) in [7, 11) is 0. The van der Waals surface area contributed by atoms with E-state index in [1.165, 1.54) is 0 Å². The molecule has 1 aromatic rings. The average Bonchev–Trinajstić information content (AvgIpc) is 2.85. The summed E-state index contributed by atoms with van der Waals surface area (Å²) in [5, 5.41) is 0. The Hall–Kier alpha value is -1.84. The lowest BCUT2D eigenvalue weighted by Gasteiger charge is -2.39. The number of amides is 1. The van der Waals surface area contributed by atoms with E-state index < -0.39 is 0 Å². The number of hydrogen-bond acceptors (Lipinski definition) is 3. The van der Waals surface area contributed by atoms with E-state index in [-0.39, 0.29) is 35.4 Å². The van der Waals surface area contributed by atoms with Gasteiger partial charge in [0, 0.05) is 12.1 Å². The van der Waals surface area contributed by atoms with Gasteiger partial charge in [0.05, 0.1) is 6.04 Å². The average molecular weight is 317 g/mol. The standard InChI is InChI=1S/C19H27NO3/c1-13(2)16-17(19(4,5)12-11-14(3)21)20(18(22)23-16)15-9-7-6-8-10-15/h6-10,13,16-17H,11-12H2,1-5H3/t16-,17?/m1/s1. The molecule has 0 saturated carbocycles. The SMILES string of the molecule is CC(=O)CCC(C)(C)C1[C@@H](C(C)C)OC(=O)N1c1ccccc1. The van der Waals surface area contributed by atoms with Crippen molar-refractivity contribution in [2.45, 2.75) is 59.6 Å². The van der Waals surface area contributed by atoms with Crippen LogP contribution in [0.2, 0.25) is 0 Å². The van der Waals surface area contributed by atoms with Gasteiger partial charge in [-0.05, 0) is 36.8 Å². The second-order valence-corrected chi connectivity index (χ2v) is 7.43. The van der Waals surface area contributed by atoms with E-state index in [1.807, 2.05) is 30.3 Å². The van der Waals surface area contributed by atoms with Gasteiger partial charge in [0.15, 0.2) is 0 Å². The molecule has 0 bridgehead atoms. The number of Topliss-reactive ketones (excluding diaryl/α,β-unsaturated/α-hetero) is 1. The number of carbonyl (C=O) groups excluding carboxylic acids is 2. The number of para-hydroxylation sites is 1. The number of hydrogen-bond donors (Lipinski definition) is 0. The van der Waals surface area contributed by atoms with Gasteiger partial charge >= 0.3 is 6.09 Å². The van der Waals surface area contributed by atoms with E-state index in [0.29, 0.717) is 6.42 Å². The monoisotopic (exact) mass is 317 g/mol. The predicted molar refractivity (Wildman–Crippen MR) is 91.5 cm³/mol. The van der Waals surface area contributed by atoms with Gasteiger partial charge in [-0.2, -0.15) is 0 Å². The molecular formula is C19H27NO3. The van der Waals surface area contributed by atoms with Gasteiger partial charge in [-0.15, -0.1) is 0 Å². The molecule has 1 unspecified atom stereocenters. The summed E-state index contributed by atoms with van der Waals surface area (Å²) in [6.07, 6.45) is 0.780. The van der Waals surface area contributed by atoms with E-state index in [1.54, 1.807) is 11.8 Å². The Balaban J connectivity index is 2.38. The summed E-state index contributed by atoms with van der Waals surface area (Å²) >= 11 is 0. The Bertz CT molecular complexity index is 565. The quantitative estimate of drug-likeness (QED) is 0.779. The summed E-state index contributed by atoms with van der Waals surface area (Å²) in [4.78, 5) is 25.7. The van der Waals surface area contributed by atoms with Crippen molar-refractivity contribution in [3.05, 3.63) is 30.3 Å². The number of ether oxygens (including phenoxy) is 1. The highest BCUT2D eigenvalue weighted by Crippen LogP contribution is 2.42. The summed E-state index contributed by atoms with van der Waals surface area (Å²) in [6, 6.07) is 9.55. The number of benzene rings is 1. The van der Waals surface area contributed by atoms with Crippen LogP contribution >= 0.6 is 0 Å². The van der Waals surface area contributed by atoms with Gasteiger partial charge in [0.2, 0.25) is 0 Å². The molecule has 0 aliphatic carbocycles. The zero-order valence-corrected chi connectivity index (χ0v) is 14.7. The molecule has 1 saturated heterocycles. The zero-order valence-electron chi connectivity index (χ0n) is 14.7. The molecule has 23 heavy (non-hydrogen) atoms. The molecule has 126 valence electrons. The predicted octanol–water partition coefficient (Wildman–Crippen LogP) is 4.43. The number of ketones is 1. The van der Waals surface area contributed by atoms with Crippen LogP contribution in [0.1, 0.15) is 47.5 Å². The van der Waals surface area contributed by atoms with E-state index in [0.717, 1.165) is 12.1 Å². The normalized spacial score (nSPS) is 21.7. The highest BCUT2D eigenvalue weighted by Gasteiger charge is 2.51. The van der Waals surface area contributed by atoms with Crippen molar-refractivity contribution < 1.29 is 14.3 Å². The van der Waals surface area contributed by atoms with Gasteiger partial charge < -0.3 is 9.53 Å². The van der Waals surface area contributed by atoms with E-state index in [4.69, 9.17) is 4.74 Å². The minimum Gasteiger partial charge on any atom is -0.443 e. The van der Waals surface area contributed by atoms with Gasteiger partial charge in [-0.25, -0.2) is 4.79 Å². The van der Waals surface area contributed by atoms with Crippen LogP contribution in [0.15, 0.2) is 30.3 Å².